The van der Waals surface area contributed by atoms with E-state index >= 15 is 0 Å². The number of carbonyl (C=O) groups is 1. The Labute approximate surface area is 142 Å². The molecule has 1 saturated heterocycles. The van der Waals surface area contributed by atoms with Gasteiger partial charge < -0.3 is 21.5 Å². The zero-order chi connectivity index (χ0) is 16.4. The second-order valence-corrected chi connectivity index (χ2v) is 7.88. The third kappa shape index (κ3) is 4.06. The summed E-state index contributed by atoms with van der Waals surface area (Å²) in [5.74, 6) is 0.279. The van der Waals surface area contributed by atoms with Gasteiger partial charge in [0.15, 0.2) is 0 Å². The van der Waals surface area contributed by atoms with E-state index in [4.69, 9.17) is 34.7 Å². The summed E-state index contributed by atoms with van der Waals surface area (Å²) in [7, 11) is 0. The quantitative estimate of drug-likeness (QED) is 0.658. The fourth-order valence-electron chi connectivity index (χ4n) is 3.67. The number of likely N-dealkylation sites (tertiary alicyclic amines) is 1. The van der Waals surface area contributed by atoms with Crippen molar-refractivity contribution in [3.8, 4) is 0 Å². The van der Waals surface area contributed by atoms with Gasteiger partial charge in [-0.1, -0.05) is 0 Å². The van der Waals surface area contributed by atoms with E-state index in [0.29, 0.717) is 31.8 Å². The second-order valence-electron chi connectivity index (χ2n) is 6.76. The van der Waals surface area contributed by atoms with Gasteiger partial charge in [0, 0.05) is 25.0 Å². The minimum Gasteiger partial charge on any atom is -0.393 e. The van der Waals surface area contributed by atoms with Gasteiger partial charge in [0.05, 0.1) is 22.9 Å². The Morgan fingerprint density at radius 2 is 1.73 bits per heavy atom. The fourth-order valence-corrected chi connectivity index (χ4v) is 4.27. The summed E-state index contributed by atoms with van der Waals surface area (Å²) < 4.78 is 0. The Hall–Kier alpha value is -0.0700. The van der Waals surface area contributed by atoms with Crippen molar-refractivity contribution in [1.29, 1.82) is 0 Å². The molecule has 0 aromatic heterocycles. The molecule has 22 heavy (non-hydrogen) atoms. The number of nitrogens with zero attached hydrogens (tertiary/aromatic N) is 1. The van der Waals surface area contributed by atoms with Crippen molar-refractivity contribution < 1.29 is 9.90 Å². The number of rotatable bonds is 3. The maximum atomic E-state index is 11.9. The van der Waals surface area contributed by atoms with E-state index in [1.807, 2.05) is 4.90 Å². The Morgan fingerprint density at radius 3 is 2.27 bits per heavy atom. The highest BCUT2D eigenvalue weighted by molar-refractivity contribution is 6.30. The van der Waals surface area contributed by atoms with Crippen LogP contribution in [-0.2, 0) is 4.79 Å². The molecule has 1 heterocycles. The average Bonchev–Trinajstić information content (AvgIpc) is 2.49. The van der Waals surface area contributed by atoms with Gasteiger partial charge >= 0.3 is 0 Å². The number of carbonyl (C=O) groups excluding carboxylic acids is 1. The summed E-state index contributed by atoms with van der Waals surface area (Å²) in [6.45, 7) is 3.08. The van der Waals surface area contributed by atoms with Crippen LogP contribution in [0, 0.1) is 11.8 Å². The Morgan fingerprint density at radius 1 is 1.18 bits per heavy atom. The summed E-state index contributed by atoms with van der Waals surface area (Å²) in [5.41, 5.74) is 12.1. The molecule has 5 N–H and O–H groups in total. The van der Waals surface area contributed by atoms with Crippen LogP contribution in [0.5, 0.6) is 0 Å². The van der Waals surface area contributed by atoms with Gasteiger partial charge in [0.2, 0.25) is 5.91 Å². The summed E-state index contributed by atoms with van der Waals surface area (Å²) in [6, 6.07) is -0.559. The third-order valence-corrected chi connectivity index (χ3v) is 6.22. The number of aliphatic hydroxyl groups is 1. The van der Waals surface area contributed by atoms with Crippen LogP contribution in [0.2, 0.25) is 0 Å². The number of alkyl halides is 2. The van der Waals surface area contributed by atoms with Crippen LogP contribution in [0.4, 0.5) is 0 Å². The van der Waals surface area contributed by atoms with E-state index in [2.05, 4.69) is 0 Å². The van der Waals surface area contributed by atoms with Crippen molar-refractivity contribution in [2.24, 2.45) is 23.3 Å². The second kappa shape index (κ2) is 7.67. The van der Waals surface area contributed by atoms with Crippen molar-refractivity contribution in [1.82, 2.24) is 4.90 Å². The zero-order valence-corrected chi connectivity index (χ0v) is 14.5. The molecule has 5 nitrogen and oxygen atoms in total. The van der Waals surface area contributed by atoms with Crippen LogP contribution in [0.15, 0.2) is 0 Å². The van der Waals surface area contributed by atoms with Crippen molar-refractivity contribution >= 4 is 29.1 Å². The lowest BCUT2D eigenvalue weighted by molar-refractivity contribution is -0.133. The maximum Gasteiger partial charge on any atom is 0.239 e. The summed E-state index contributed by atoms with van der Waals surface area (Å²) in [6.07, 6.45) is 2.35. The van der Waals surface area contributed by atoms with Crippen molar-refractivity contribution in [3.63, 3.8) is 0 Å². The molecule has 0 aromatic carbocycles. The Kier molecular flexibility index (Phi) is 6.37. The highest BCUT2D eigenvalue weighted by atomic mass is 35.5. The first-order chi connectivity index (χ1) is 10.3. The predicted molar refractivity (Wildman–Crippen MR) is 88.9 cm³/mol. The van der Waals surface area contributed by atoms with Crippen LogP contribution in [-0.4, -0.2) is 57.9 Å². The van der Waals surface area contributed by atoms with Crippen LogP contribution in [0.3, 0.4) is 0 Å². The molecule has 1 aliphatic carbocycles. The largest absolute Gasteiger partial charge is 0.393 e. The lowest BCUT2D eigenvalue weighted by atomic mass is 9.74. The molecule has 2 fully saturated rings. The van der Waals surface area contributed by atoms with E-state index in [9.17, 15) is 9.90 Å². The van der Waals surface area contributed by atoms with Crippen molar-refractivity contribution in [3.05, 3.63) is 0 Å². The minimum atomic E-state index is -0.490. The number of halogens is 2. The molecule has 0 aromatic rings. The first-order valence-electron chi connectivity index (χ1n) is 8.07. The molecule has 1 saturated carbocycles. The number of piperidine rings is 1. The molecule has 7 heteroatoms. The molecule has 0 spiro atoms. The summed E-state index contributed by atoms with van der Waals surface area (Å²) >= 11 is 12.4. The van der Waals surface area contributed by atoms with Gasteiger partial charge in [-0.05, 0) is 38.5 Å². The Balaban J connectivity index is 1.89. The molecule has 0 radical (unpaired) electrons. The molecule has 6 atom stereocenters. The van der Waals surface area contributed by atoms with E-state index in [-0.39, 0.29) is 28.6 Å². The van der Waals surface area contributed by atoms with E-state index in [0.717, 1.165) is 12.8 Å². The molecule has 1 amide bonds. The van der Waals surface area contributed by atoms with Gasteiger partial charge in [-0.15, -0.1) is 23.2 Å². The monoisotopic (exact) mass is 351 g/mol. The van der Waals surface area contributed by atoms with Gasteiger partial charge in [-0.3, -0.25) is 4.79 Å². The lowest BCUT2D eigenvalue weighted by Crippen LogP contribution is -2.53. The van der Waals surface area contributed by atoms with Crippen molar-refractivity contribution in [2.45, 2.75) is 61.5 Å². The summed E-state index contributed by atoms with van der Waals surface area (Å²) in [4.78, 5) is 13.7. The average molecular weight is 352 g/mol. The predicted octanol–water partition coefficient (Wildman–Crippen LogP) is 0.885. The van der Waals surface area contributed by atoms with Crippen molar-refractivity contribution in [2.75, 3.05) is 13.1 Å². The molecule has 1 aliphatic heterocycles. The maximum absolute atomic E-state index is 11.9. The highest BCUT2D eigenvalue weighted by Crippen LogP contribution is 2.36. The number of hydrogen-bond acceptors (Lipinski definition) is 4. The third-order valence-electron chi connectivity index (χ3n) is 5.13. The molecule has 0 bridgehead atoms. The molecular formula is C15H27Cl2N3O2. The van der Waals surface area contributed by atoms with Crippen LogP contribution < -0.4 is 11.5 Å². The van der Waals surface area contributed by atoms with Gasteiger partial charge in [-0.25, -0.2) is 0 Å². The molecular weight excluding hydrogens is 325 g/mol. The van der Waals surface area contributed by atoms with Crippen LogP contribution in [0.1, 0.15) is 32.6 Å². The number of hydrogen-bond donors (Lipinski definition) is 3. The smallest absolute Gasteiger partial charge is 0.239 e. The summed E-state index contributed by atoms with van der Waals surface area (Å²) in [5, 5.41) is 9.94. The van der Waals surface area contributed by atoms with Gasteiger partial charge in [-0.2, -0.15) is 0 Å². The number of amides is 1. The first-order valence-corrected chi connectivity index (χ1v) is 8.94. The number of aliphatic hydroxyl groups excluding tert-OH is 1. The Bertz CT molecular complexity index is 389. The normalized spacial score (nSPS) is 36.9. The van der Waals surface area contributed by atoms with Gasteiger partial charge in [0.25, 0.3) is 0 Å². The fraction of sp³-hybridized carbons (Fsp3) is 0.933. The zero-order valence-electron chi connectivity index (χ0n) is 13.0. The molecule has 4 unspecified atom stereocenters. The lowest BCUT2D eigenvalue weighted by Gasteiger charge is -2.42. The SMILES string of the molecule is C[C@@H](N)C(=O)N1CCC([C@H](N)C2CC(Cl)C(Cl)CC2O)CC1. The van der Waals surface area contributed by atoms with Crippen LogP contribution in [0.25, 0.3) is 0 Å². The standard InChI is InChI=1S/C15H27Cl2N3O2/c1-8(18)15(22)20-4-2-9(3-5-20)14(19)10-6-11(16)12(17)7-13(10)21/h8-14,21H,2-7,18-19H2,1H3/t8-,10?,11?,12?,13?,14+/m1/s1. The van der Waals surface area contributed by atoms with Gasteiger partial charge in [0.1, 0.15) is 0 Å². The van der Waals surface area contributed by atoms with E-state index in [1.54, 1.807) is 6.92 Å². The molecule has 2 aliphatic rings. The minimum absolute atomic E-state index is 0.00414. The highest BCUT2D eigenvalue weighted by Gasteiger charge is 2.40. The topological polar surface area (TPSA) is 92.6 Å². The van der Waals surface area contributed by atoms with E-state index in [1.165, 1.54) is 0 Å². The van der Waals surface area contributed by atoms with Crippen LogP contribution >= 0.6 is 23.2 Å². The molecule has 2 rings (SSSR count). The number of nitrogens with two attached hydrogens (primary N) is 2. The van der Waals surface area contributed by atoms with E-state index < -0.39 is 12.1 Å². The molecule has 128 valence electrons. The first kappa shape index (κ1) is 18.3.